The second kappa shape index (κ2) is 5.40. The van der Waals surface area contributed by atoms with Crippen molar-refractivity contribution >= 4 is 6.03 Å². The maximum absolute atomic E-state index is 12.1. The van der Waals surface area contributed by atoms with E-state index in [4.69, 9.17) is 5.73 Å². The Morgan fingerprint density at radius 1 is 1.33 bits per heavy atom. The molecule has 1 aromatic carbocycles. The predicted molar refractivity (Wildman–Crippen MR) is 72.3 cm³/mol. The molecular formula is C14H21N3O. The molecule has 98 valence electrons. The van der Waals surface area contributed by atoms with E-state index in [9.17, 15) is 4.79 Å². The van der Waals surface area contributed by atoms with E-state index in [2.05, 4.69) is 31.2 Å². The molecule has 0 aliphatic carbocycles. The highest BCUT2D eigenvalue weighted by molar-refractivity contribution is 5.77. The highest BCUT2D eigenvalue weighted by Crippen LogP contribution is 2.28. The van der Waals surface area contributed by atoms with Crippen molar-refractivity contribution < 1.29 is 4.79 Å². The van der Waals surface area contributed by atoms with Crippen LogP contribution >= 0.6 is 0 Å². The quantitative estimate of drug-likeness (QED) is 0.881. The number of aryl methyl sites for hydroxylation is 1. The molecule has 0 saturated carbocycles. The van der Waals surface area contributed by atoms with Gasteiger partial charge in [0, 0.05) is 20.1 Å². The van der Waals surface area contributed by atoms with Gasteiger partial charge >= 0.3 is 6.03 Å². The van der Waals surface area contributed by atoms with Crippen LogP contribution in [0.15, 0.2) is 24.3 Å². The summed E-state index contributed by atoms with van der Waals surface area (Å²) < 4.78 is 0. The SMILES string of the molecule is Cc1ccc(C2CN(CCCN)C(=O)N2C)cc1. The lowest BCUT2D eigenvalue weighted by Gasteiger charge is -2.18. The number of carbonyl (C=O) groups is 1. The van der Waals surface area contributed by atoms with E-state index in [-0.39, 0.29) is 12.1 Å². The monoisotopic (exact) mass is 247 g/mol. The number of urea groups is 1. The molecule has 2 N–H and O–H groups in total. The number of nitrogens with two attached hydrogens (primary N) is 1. The maximum atomic E-state index is 12.1. The molecule has 1 aliphatic rings. The minimum atomic E-state index is 0.106. The Hall–Kier alpha value is -1.55. The summed E-state index contributed by atoms with van der Waals surface area (Å²) >= 11 is 0. The second-order valence-corrected chi connectivity index (χ2v) is 4.91. The second-order valence-electron chi connectivity index (χ2n) is 4.91. The summed E-state index contributed by atoms with van der Waals surface area (Å²) in [7, 11) is 1.87. The Balaban J connectivity index is 2.10. The number of benzene rings is 1. The molecule has 18 heavy (non-hydrogen) atoms. The normalized spacial score (nSPS) is 19.7. The average molecular weight is 247 g/mol. The fourth-order valence-electron chi connectivity index (χ4n) is 2.35. The fourth-order valence-corrected chi connectivity index (χ4v) is 2.35. The first-order chi connectivity index (χ1) is 8.63. The first kappa shape index (κ1) is 12.9. The van der Waals surface area contributed by atoms with E-state index >= 15 is 0 Å². The third-order valence-electron chi connectivity index (χ3n) is 3.53. The molecule has 1 atom stereocenters. The Morgan fingerprint density at radius 2 is 2.00 bits per heavy atom. The summed E-state index contributed by atoms with van der Waals surface area (Å²) in [5, 5.41) is 0. The number of amides is 2. The number of rotatable bonds is 4. The molecule has 1 unspecified atom stereocenters. The van der Waals surface area contributed by atoms with Crippen LogP contribution in [0, 0.1) is 6.92 Å². The third-order valence-corrected chi connectivity index (χ3v) is 3.53. The van der Waals surface area contributed by atoms with Crippen molar-refractivity contribution in [3.05, 3.63) is 35.4 Å². The highest BCUT2D eigenvalue weighted by atomic mass is 16.2. The van der Waals surface area contributed by atoms with Crippen LogP contribution in [-0.2, 0) is 0 Å². The summed E-state index contributed by atoms with van der Waals surface area (Å²) in [5.41, 5.74) is 7.94. The van der Waals surface area contributed by atoms with Gasteiger partial charge in [-0.1, -0.05) is 29.8 Å². The van der Waals surface area contributed by atoms with Crippen LogP contribution < -0.4 is 5.73 Å². The average Bonchev–Trinajstić information content (AvgIpc) is 2.65. The van der Waals surface area contributed by atoms with Crippen LogP contribution in [-0.4, -0.2) is 42.5 Å². The van der Waals surface area contributed by atoms with Crippen molar-refractivity contribution in [1.82, 2.24) is 9.80 Å². The number of hydrogen-bond acceptors (Lipinski definition) is 2. The summed E-state index contributed by atoms with van der Waals surface area (Å²) in [6, 6.07) is 8.67. The Kier molecular flexibility index (Phi) is 3.87. The first-order valence-electron chi connectivity index (χ1n) is 6.42. The minimum absolute atomic E-state index is 0.106. The summed E-state index contributed by atoms with van der Waals surface area (Å²) in [6.45, 7) is 4.21. The van der Waals surface area contributed by atoms with E-state index in [0.29, 0.717) is 6.54 Å². The van der Waals surface area contributed by atoms with E-state index in [1.54, 1.807) is 0 Å². The summed E-state index contributed by atoms with van der Waals surface area (Å²) in [6.07, 6.45) is 0.861. The Bertz CT molecular complexity index is 416. The van der Waals surface area contributed by atoms with Crippen LogP contribution in [0.5, 0.6) is 0 Å². The van der Waals surface area contributed by atoms with Gasteiger partial charge in [-0.2, -0.15) is 0 Å². The van der Waals surface area contributed by atoms with Crippen LogP contribution in [0.25, 0.3) is 0 Å². The first-order valence-corrected chi connectivity index (χ1v) is 6.42. The largest absolute Gasteiger partial charge is 0.330 e. The van der Waals surface area contributed by atoms with E-state index < -0.39 is 0 Å². The molecule has 1 saturated heterocycles. The molecule has 0 spiro atoms. The van der Waals surface area contributed by atoms with Gasteiger partial charge in [0.1, 0.15) is 0 Å². The lowest BCUT2D eigenvalue weighted by molar-refractivity contribution is 0.195. The van der Waals surface area contributed by atoms with E-state index in [1.165, 1.54) is 11.1 Å². The molecule has 1 aromatic rings. The van der Waals surface area contributed by atoms with Gasteiger partial charge in [0.25, 0.3) is 0 Å². The van der Waals surface area contributed by atoms with Crippen molar-refractivity contribution in [3.63, 3.8) is 0 Å². The van der Waals surface area contributed by atoms with Crippen LogP contribution in [0.1, 0.15) is 23.6 Å². The van der Waals surface area contributed by atoms with Gasteiger partial charge in [-0.25, -0.2) is 4.79 Å². The third kappa shape index (κ3) is 2.48. The topological polar surface area (TPSA) is 49.6 Å². The zero-order valence-electron chi connectivity index (χ0n) is 11.1. The predicted octanol–water partition coefficient (Wildman–Crippen LogP) is 1.75. The number of likely N-dealkylation sites (N-methyl/N-ethyl adjacent to an activating group) is 1. The van der Waals surface area contributed by atoms with Gasteiger partial charge in [-0.05, 0) is 25.5 Å². The minimum Gasteiger partial charge on any atom is -0.330 e. The number of nitrogens with zero attached hydrogens (tertiary/aromatic N) is 2. The van der Waals surface area contributed by atoms with Gasteiger partial charge in [-0.15, -0.1) is 0 Å². The van der Waals surface area contributed by atoms with Crippen molar-refractivity contribution in [2.24, 2.45) is 5.73 Å². The molecule has 0 radical (unpaired) electrons. The zero-order valence-corrected chi connectivity index (χ0v) is 11.1. The number of hydrogen-bond donors (Lipinski definition) is 1. The van der Waals surface area contributed by atoms with Crippen molar-refractivity contribution in [2.45, 2.75) is 19.4 Å². The Labute approximate surface area is 108 Å². The highest BCUT2D eigenvalue weighted by Gasteiger charge is 2.34. The van der Waals surface area contributed by atoms with Crippen molar-refractivity contribution in [1.29, 1.82) is 0 Å². The molecule has 1 heterocycles. The van der Waals surface area contributed by atoms with Gasteiger partial charge in [0.15, 0.2) is 0 Å². The van der Waals surface area contributed by atoms with Gasteiger partial charge < -0.3 is 15.5 Å². The van der Waals surface area contributed by atoms with Gasteiger partial charge in [-0.3, -0.25) is 0 Å². The standard InChI is InChI=1S/C14H21N3O/c1-11-4-6-12(7-5-11)13-10-17(9-3-8-15)14(18)16(13)2/h4-7,13H,3,8-10,15H2,1-2H3. The van der Waals surface area contributed by atoms with Gasteiger partial charge in [0.05, 0.1) is 6.04 Å². The molecule has 0 bridgehead atoms. The van der Waals surface area contributed by atoms with Crippen LogP contribution in [0.4, 0.5) is 4.79 Å². The maximum Gasteiger partial charge on any atom is 0.320 e. The van der Waals surface area contributed by atoms with Crippen LogP contribution in [0.2, 0.25) is 0 Å². The van der Waals surface area contributed by atoms with E-state index in [0.717, 1.165) is 19.5 Å². The zero-order chi connectivity index (χ0) is 13.1. The van der Waals surface area contributed by atoms with Crippen molar-refractivity contribution in [3.8, 4) is 0 Å². The molecule has 4 nitrogen and oxygen atoms in total. The molecule has 1 aliphatic heterocycles. The molecule has 4 heteroatoms. The fraction of sp³-hybridized carbons (Fsp3) is 0.500. The lowest BCUT2D eigenvalue weighted by atomic mass is 10.1. The Morgan fingerprint density at radius 3 is 2.61 bits per heavy atom. The van der Waals surface area contributed by atoms with Crippen molar-refractivity contribution in [2.75, 3.05) is 26.7 Å². The molecule has 1 fully saturated rings. The smallest absolute Gasteiger partial charge is 0.320 e. The van der Waals surface area contributed by atoms with Crippen LogP contribution in [0.3, 0.4) is 0 Å². The number of carbonyl (C=O) groups excluding carboxylic acids is 1. The van der Waals surface area contributed by atoms with Gasteiger partial charge in [0.2, 0.25) is 0 Å². The summed E-state index contributed by atoms with van der Waals surface area (Å²) in [4.78, 5) is 15.8. The lowest BCUT2D eigenvalue weighted by Crippen LogP contribution is -2.31. The molecule has 0 aromatic heterocycles. The molecular weight excluding hydrogens is 226 g/mol. The summed E-state index contributed by atoms with van der Waals surface area (Å²) in [5.74, 6) is 0. The molecule has 2 rings (SSSR count). The molecule has 2 amide bonds. The van der Waals surface area contributed by atoms with E-state index in [1.807, 2.05) is 16.8 Å².